The van der Waals surface area contributed by atoms with Crippen molar-refractivity contribution in [3.8, 4) is 0 Å². The zero-order chi connectivity index (χ0) is 7.68. The minimum absolute atomic E-state index is 0.264. The highest BCUT2D eigenvalue weighted by molar-refractivity contribution is 4.95. The van der Waals surface area contributed by atoms with E-state index in [4.69, 9.17) is 5.11 Å². The van der Waals surface area contributed by atoms with Gasteiger partial charge in [-0.2, -0.15) is 0 Å². The summed E-state index contributed by atoms with van der Waals surface area (Å²) in [6, 6.07) is 1.57. The molecule has 2 fully saturated rings. The second-order valence-electron chi connectivity index (χ2n) is 3.56. The Morgan fingerprint density at radius 1 is 1.36 bits per heavy atom. The molecule has 0 aromatic carbocycles. The molecule has 0 amide bonds. The fourth-order valence-electron chi connectivity index (χ4n) is 1.65. The van der Waals surface area contributed by atoms with Crippen LogP contribution in [0.15, 0.2) is 0 Å². The van der Waals surface area contributed by atoms with Crippen LogP contribution in [-0.4, -0.2) is 48.3 Å². The molecular formula is C8H16N2O. The molecule has 0 aromatic rings. The van der Waals surface area contributed by atoms with Crippen LogP contribution in [0.4, 0.5) is 0 Å². The zero-order valence-corrected chi connectivity index (χ0v) is 6.79. The van der Waals surface area contributed by atoms with Gasteiger partial charge in [0.2, 0.25) is 0 Å². The van der Waals surface area contributed by atoms with Crippen LogP contribution in [-0.2, 0) is 0 Å². The first-order valence-electron chi connectivity index (χ1n) is 4.48. The molecule has 0 bridgehead atoms. The molecular weight excluding hydrogens is 140 g/mol. The van der Waals surface area contributed by atoms with E-state index < -0.39 is 0 Å². The maximum absolute atomic E-state index is 8.55. The first kappa shape index (κ1) is 7.53. The summed E-state index contributed by atoms with van der Waals surface area (Å²) in [6.07, 6.45) is 2.82. The SMILES string of the molecule is OCCNC1CN(C2CC2)C1. The van der Waals surface area contributed by atoms with Gasteiger partial charge in [-0.15, -0.1) is 0 Å². The minimum Gasteiger partial charge on any atom is -0.395 e. The molecule has 0 radical (unpaired) electrons. The van der Waals surface area contributed by atoms with E-state index in [1.165, 1.54) is 25.9 Å². The summed E-state index contributed by atoms with van der Waals surface area (Å²) in [5.74, 6) is 0. The van der Waals surface area contributed by atoms with Gasteiger partial charge in [-0.05, 0) is 12.8 Å². The van der Waals surface area contributed by atoms with Gasteiger partial charge in [-0.25, -0.2) is 0 Å². The zero-order valence-electron chi connectivity index (χ0n) is 6.79. The molecule has 1 aliphatic carbocycles. The lowest BCUT2D eigenvalue weighted by Crippen LogP contribution is -2.58. The molecule has 0 aromatic heterocycles. The summed E-state index contributed by atoms with van der Waals surface area (Å²) in [5.41, 5.74) is 0. The van der Waals surface area contributed by atoms with Gasteiger partial charge in [-0.1, -0.05) is 0 Å². The molecule has 3 nitrogen and oxygen atoms in total. The van der Waals surface area contributed by atoms with Crippen molar-refractivity contribution < 1.29 is 5.11 Å². The summed E-state index contributed by atoms with van der Waals surface area (Å²) < 4.78 is 0. The summed E-state index contributed by atoms with van der Waals surface area (Å²) in [4.78, 5) is 2.52. The van der Waals surface area contributed by atoms with Gasteiger partial charge in [0, 0.05) is 31.7 Å². The lowest BCUT2D eigenvalue weighted by molar-refractivity contribution is 0.113. The van der Waals surface area contributed by atoms with Gasteiger partial charge in [0.25, 0.3) is 0 Å². The van der Waals surface area contributed by atoms with E-state index in [0.717, 1.165) is 12.6 Å². The van der Waals surface area contributed by atoms with Gasteiger partial charge < -0.3 is 10.4 Å². The van der Waals surface area contributed by atoms with Crippen molar-refractivity contribution in [1.82, 2.24) is 10.2 Å². The Labute approximate surface area is 67.4 Å². The monoisotopic (exact) mass is 156 g/mol. The molecule has 1 saturated heterocycles. The summed E-state index contributed by atoms with van der Waals surface area (Å²) in [5, 5.41) is 11.8. The number of nitrogens with one attached hydrogen (secondary N) is 1. The normalized spacial score (nSPS) is 27.0. The number of hydrogen-bond acceptors (Lipinski definition) is 3. The first-order valence-corrected chi connectivity index (χ1v) is 4.48. The van der Waals surface area contributed by atoms with Crippen molar-refractivity contribution in [3.63, 3.8) is 0 Å². The molecule has 1 aliphatic heterocycles. The molecule has 3 heteroatoms. The molecule has 0 unspecified atom stereocenters. The first-order chi connectivity index (χ1) is 5.40. The maximum Gasteiger partial charge on any atom is 0.0556 e. The molecule has 0 atom stereocenters. The minimum atomic E-state index is 0.264. The Kier molecular flexibility index (Phi) is 2.11. The fourth-order valence-corrected chi connectivity index (χ4v) is 1.65. The van der Waals surface area contributed by atoms with Gasteiger partial charge in [0.1, 0.15) is 0 Å². The van der Waals surface area contributed by atoms with Crippen LogP contribution in [0.1, 0.15) is 12.8 Å². The van der Waals surface area contributed by atoms with Crippen molar-refractivity contribution in [2.45, 2.75) is 24.9 Å². The molecule has 1 saturated carbocycles. The molecule has 2 rings (SSSR count). The molecule has 2 aliphatic rings. The Morgan fingerprint density at radius 2 is 2.09 bits per heavy atom. The lowest BCUT2D eigenvalue weighted by atomic mass is 10.1. The van der Waals surface area contributed by atoms with E-state index in [2.05, 4.69) is 10.2 Å². The van der Waals surface area contributed by atoms with Crippen LogP contribution in [0, 0.1) is 0 Å². The van der Waals surface area contributed by atoms with Crippen molar-refractivity contribution in [2.24, 2.45) is 0 Å². The van der Waals surface area contributed by atoms with Gasteiger partial charge in [-0.3, -0.25) is 4.90 Å². The summed E-state index contributed by atoms with van der Waals surface area (Å²) >= 11 is 0. The van der Waals surface area contributed by atoms with E-state index in [0.29, 0.717) is 6.04 Å². The average Bonchev–Trinajstić information content (AvgIpc) is 2.68. The average molecular weight is 156 g/mol. The number of aliphatic hydroxyl groups is 1. The number of likely N-dealkylation sites (tertiary alicyclic amines) is 1. The fraction of sp³-hybridized carbons (Fsp3) is 1.00. The molecule has 1 heterocycles. The van der Waals surface area contributed by atoms with Crippen LogP contribution in [0.2, 0.25) is 0 Å². The summed E-state index contributed by atoms with van der Waals surface area (Å²) in [6.45, 7) is 3.42. The van der Waals surface area contributed by atoms with Crippen molar-refractivity contribution in [2.75, 3.05) is 26.2 Å². The number of rotatable bonds is 4. The summed E-state index contributed by atoms with van der Waals surface area (Å²) in [7, 11) is 0. The largest absolute Gasteiger partial charge is 0.395 e. The predicted octanol–water partition coefficient (Wildman–Crippen LogP) is -0.585. The second-order valence-corrected chi connectivity index (χ2v) is 3.56. The Balaban J connectivity index is 1.56. The Morgan fingerprint density at radius 3 is 2.64 bits per heavy atom. The third-order valence-electron chi connectivity index (χ3n) is 2.52. The van der Waals surface area contributed by atoms with Crippen LogP contribution < -0.4 is 5.32 Å². The smallest absolute Gasteiger partial charge is 0.0556 e. The number of aliphatic hydroxyl groups excluding tert-OH is 1. The van der Waals surface area contributed by atoms with E-state index in [1.54, 1.807) is 0 Å². The van der Waals surface area contributed by atoms with Crippen LogP contribution in [0.3, 0.4) is 0 Å². The number of hydrogen-bond donors (Lipinski definition) is 2. The highest BCUT2D eigenvalue weighted by Gasteiger charge is 2.37. The number of nitrogens with zero attached hydrogens (tertiary/aromatic N) is 1. The van der Waals surface area contributed by atoms with Gasteiger partial charge in [0.05, 0.1) is 6.61 Å². The molecule has 0 spiro atoms. The van der Waals surface area contributed by atoms with Crippen LogP contribution in [0.5, 0.6) is 0 Å². The van der Waals surface area contributed by atoms with Crippen LogP contribution >= 0.6 is 0 Å². The third kappa shape index (κ3) is 1.72. The van der Waals surface area contributed by atoms with Crippen LogP contribution in [0.25, 0.3) is 0 Å². The van der Waals surface area contributed by atoms with E-state index in [-0.39, 0.29) is 6.61 Å². The second kappa shape index (κ2) is 3.09. The predicted molar refractivity (Wildman–Crippen MR) is 43.5 cm³/mol. The van der Waals surface area contributed by atoms with Crippen molar-refractivity contribution >= 4 is 0 Å². The van der Waals surface area contributed by atoms with Crippen molar-refractivity contribution in [3.05, 3.63) is 0 Å². The molecule has 11 heavy (non-hydrogen) atoms. The van der Waals surface area contributed by atoms with E-state index in [1.807, 2.05) is 0 Å². The van der Waals surface area contributed by atoms with E-state index in [9.17, 15) is 0 Å². The lowest BCUT2D eigenvalue weighted by Gasteiger charge is -2.39. The standard InChI is InChI=1S/C8H16N2O/c11-4-3-9-7-5-10(6-7)8-1-2-8/h7-9,11H,1-6H2. The quantitative estimate of drug-likeness (QED) is 0.571. The molecule has 2 N–H and O–H groups in total. The van der Waals surface area contributed by atoms with Crippen molar-refractivity contribution in [1.29, 1.82) is 0 Å². The van der Waals surface area contributed by atoms with Gasteiger partial charge in [0.15, 0.2) is 0 Å². The maximum atomic E-state index is 8.55. The van der Waals surface area contributed by atoms with Gasteiger partial charge >= 0.3 is 0 Å². The Hall–Kier alpha value is -0.120. The highest BCUT2D eigenvalue weighted by Crippen LogP contribution is 2.30. The Bertz CT molecular complexity index is 130. The molecule has 64 valence electrons. The third-order valence-corrected chi connectivity index (χ3v) is 2.52. The topological polar surface area (TPSA) is 35.5 Å². The highest BCUT2D eigenvalue weighted by atomic mass is 16.3. The van der Waals surface area contributed by atoms with E-state index >= 15 is 0 Å².